The van der Waals surface area contributed by atoms with E-state index in [1.165, 1.54) is 35.4 Å². The van der Waals surface area contributed by atoms with Gasteiger partial charge >= 0.3 is 0 Å². The molecule has 7 nitrogen and oxygen atoms in total. The topological polar surface area (TPSA) is 92.7 Å². The van der Waals surface area contributed by atoms with Gasteiger partial charge in [0.2, 0.25) is 0 Å². The summed E-state index contributed by atoms with van der Waals surface area (Å²) in [7, 11) is 0. The van der Waals surface area contributed by atoms with E-state index in [-0.39, 0.29) is 5.69 Å². The van der Waals surface area contributed by atoms with Crippen molar-refractivity contribution in [1.29, 1.82) is 0 Å². The van der Waals surface area contributed by atoms with E-state index in [1.54, 1.807) is 18.6 Å². The van der Waals surface area contributed by atoms with E-state index >= 15 is 0 Å². The van der Waals surface area contributed by atoms with Crippen molar-refractivity contribution in [2.75, 3.05) is 11.9 Å². The van der Waals surface area contributed by atoms with Crippen molar-refractivity contribution in [2.24, 2.45) is 0 Å². The molecule has 0 aliphatic carbocycles. The standard InChI is InChI=1S/C21H17FN6OS2/c22-18-15(30-17-13-27-21(31-17)28-16-6-2-4-10-24-16)8-12-25-19(18)20(29)26-11-7-14-5-1-3-9-23-14/h1-6,8-10,12-13H,7,11H2,(H,26,29)(H,24,27,28). The highest BCUT2D eigenvalue weighted by Gasteiger charge is 2.18. The monoisotopic (exact) mass is 452 g/mol. The van der Waals surface area contributed by atoms with Gasteiger partial charge in [0.05, 0.1) is 15.3 Å². The van der Waals surface area contributed by atoms with Crippen LogP contribution in [0.25, 0.3) is 0 Å². The molecule has 0 atom stereocenters. The molecule has 0 aliphatic heterocycles. The predicted molar refractivity (Wildman–Crippen MR) is 118 cm³/mol. The van der Waals surface area contributed by atoms with Crippen LogP contribution in [0, 0.1) is 5.82 Å². The van der Waals surface area contributed by atoms with Crippen molar-refractivity contribution in [3.63, 3.8) is 0 Å². The first-order valence-corrected chi connectivity index (χ1v) is 11.0. The summed E-state index contributed by atoms with van der Waals surface area (Å²) in [6.07, 6.45) is 6.99. The van der Waals surface area contributed by atoms with Crippen LogP contribution in [0.1, 0.15) is 16.2 Å². The normalized spacial score (nSPS) is 10.6. The second-order valence-corrected chi connectivity index (χ2v) is 8.60. The number of carbonyl (C=O) groups is 1. The Bertz CT molecular complexity index is 1160. The van der Waals surface area contributed by atoms with Crippen molar-refractivity contribution in [2.45, 2.75) is 15.5 Å². The zero-order valence-corrected chi connectivity index (χ0v) is 17.8. The molecule has 4 rings (SSSR count). The van der Waals surface area contributed by atoms with E-state index in [0.29, 0.717) is 28.8 Å². The minimum atomic E-state index is -0.657. The number of aromatic nitrogens is 4. The average Bonchev–Trinajstić information content (AvgIpc) is 3.23. The lowest BCUT2D eigenvalue weighted by molar-refractivity contribution is 0.0944. The molecule has 4 heterocycles. The summed E-state index contributed by atoms with van der Waals surface area (Å²) < 4.78 is 15.7. The summed E-state index contributed by atoms with van der Waals surface area (Å²) in [4.78, 5) is 29.3. The molecular weight excluding hydrogens is 435 g/mol. The fraction of sp³-hybridized carbons (Fsp3) is 0.0952. The number of nitrogens with one attached hydrogen (secondary N) is 2. The predicted octanol–water partition coefficient (Wildman–Crippen LogP) is 4.33. The highest BCUT2D eigenvalue weighted by molar-refractivity contribution is 8.01. The number of pyridine rings is 3. The summed E-state index contributed by atoms with van der Waals surface area (Å²) in [6, 6.07) is 12.6. The maximum Gasteiger partial charge on any atom is 0.272 e. The Kier molecular flexibility index (Phi) is 6.80. The first-order valence-electron chi connectivity index (χ1n) is 9.33. The second kappa shape index (κ2) is 10.1. The van der Waals surface area contributed by atoms with E-state index < -0.39 is 11.7 Å². The van der Waals surface area contributed by atoms with Crippen LogP contribution in [0.3, 0.4) is 0 Å². The number of nitrogens with zero attached hydrogens (tertiary/aromatic N) is 4. The van der Waals surface area contributed by atoms with Gasteiger partial charge in [0.1, 0.15) is 5.82 Å². The van der Waals surface area contributed by atoms with Gasteiger partial charge in [-0.25, -0.2) is 19.3 Å². The largest absolute Gasteiger partial charge is 0.350 e. The van der Waals surface area contributed by atoms with Crippen LogP contribution < -0.4 is 10.6 Å². The molecule has 0 radical (unpaired) electrons. The number of amides is 1. The molecule has 0 aliphatic rings. The van der Waals surface area contributed by atoms with E-state index in [1.807, 2.05) is 36.4 Å². The summed E-state index contributed by atoms with van der Waals surface area (Å²) >= 11 is 2.55. The van der Waals surface area contributed by atoms with Gasteiger partial charge in [-0.15, -0.1) is 0 Å². The van der Waals surface area contributed by atoms with E-state index in [4.69, 9.17) is 0 Å². The third-order valence-corrected chi connectivity index (χ3v) is 6.11. The first-order chi connectivity index (χ1) is 15.2. The molecule has 10 heteroatoms. The summed E-state index contributed by atoms with van der Waals surface area (Å²) in [5.41, 5.74) is 0.614. The molecule has 4 aromatic heterocycles. The van der Waals surface area contributed by atoms with Crippen LogP contribution in [0.2, 0.25) is 0 Å². The van der Waals surface area contributed by atoms with E-state index in [9.17, 15) is 9.18 Å². The number of carbonyl (C=O) groups excluding carboxylic acids is 1. The summed E-state index contributed by atoms with van der Waals surface area (Å²) in [5.74, 6) is -0.540. The number of hydrogen-bond acceptors (Lipinski definition) is 8. The van der Waals surface area contributed by atoms with Crippen molar-refractivity contribution in [3.05, 3.63) is 84.5 Å². The third kappa shape index (κ3) is 5.62. The Morgan fingerprint density at radius 1 is 1.00 bits per heavy atom. The molecule has 156 valence electrons. The number of hydrogen-bond donors (Lipinski definition) is 2. The molecule has 31 heavy (non-hydrogen) atoms. The van der Waals surface area contributed by atoms with Crippen LogP contribution in [0.4, 0.5) is 15.3 Å². The molecule has 0 bridgehead atoms. The van der Waals surface area contributed by atoms with Gasteiger partial charge in [0, 0.05) is 37.3 Å². The Morgan fingerprint density at radius 3 is 2.61 bits per heavy atom. The van der Waals surface area contributed by atoms with E-state index in [0.717, 1.165) is 9.90 Å². The van der Waals surface area contributed by atoms with Crippen LogP contribution >= 0.6 is 23.1 Å². The molecule has 4 aromatic rings. The van der Waals surface area contributed by atoms with E-state index in [2.05, 4.69) is 30.6 Å². The van der Waals surface area contributed by atoms with Crippen molar-refractivity contribution >= 4 is 40.0 Å². The minimum Gasteiger partial charge on any atom is -0.350 e. The van der Waals surface area contributed by atoms with Gasteiger partial charge in [0.15, 0.2) is 16.6 Å². The maximum absolute atomic E-state index is 14.9. The number of anilines is 2. The van der Waals surface area contributed by atoms with Crippen LogP contribution in [0.15, 0.2) is 76.4 Å². The quantitative estimate of drug-likeness (QED) is 0.411. The molecular formula is C21H17FN6OS2. The van der Waals surface area contributed by atoms with Crippen LogP contribution in [-0.4, -0.2) is 32.4 Å². The molecule has 0 fully saturated rings. The lowest BCUT2D eigenvalue weighted by Gasteiger charge is -2.07. The minimum absolute atomic E-state index is 0.234. The van der Waals surface area contributed by atoms with Gasteiger partial charge in [0.25, 0.3) is 5.91 Å². The van der Waals surface area contributed by atoms with Crippen molar-refractivity contribution in [1.82, 2.24) is 25.3 Å². The smallest absolute Gasteiger partial charge is 0.272 e. The molecule has 0 aromatic carbocycles. The zero-order valence-electron chi connectivity index (χ0n) is 16.2. The van der Waals surface area contributed by atoms with Gasteiger partial charge in [-0.1, -0.05) is 35.2 Å². The average molecular weight is 453 g/mol. The summed E-state index contributed by atoms with van der Waals surface area (Å²) in [5, 5.41) is 6.43. The van der Waals surface area contributed by atoms with Crippen molar-refractivity contribution < 1.29 is 9.18 Å². The van der Waals surface area contributed by atoms with Crippen LogP contribution in [-0.2, 0) is 6.42 Å². The number of halogens is 1. The van der Waals surface area contributed by atoms with Gasteiger partial charge in [-0.3, -0.25) is 9.78 Å². The lowest BCUT2D eigenvalue weighted by atomic mass is 10.2. The Labute approximate surface area is 186 Å². The highest BCUT2D eigenvalue weighted by Crippen LogP contribution is 2.36. The lowest BCUT2D eigenvalue weighted by Crippen LogP contribution is -2.27. The Hall–Kier alpha value is -3.37. The summed E-state index contributed by atoms with van der Waals surface area (Å²) in [6.45, 7) is 0.339. The number of thiazole rings is 1. The second-order valence-electron chi connectivity index (χ2n) is 6.23. The molecule has 2 N–H and O–H groups in total. The Morgan fingerprint density at radius 2 is 1.84 bits per heavy atom. The fourth-order valence-corrected chi connectivity index (χ4v) is 4.48. The molecule has 0 unspecified atom stereocenters. The maximum atomic E-state index is 14.9. The zero-order chi connectivity index (χ0) is 21.5. The van der Waals surface area contributed by atoms with Gasteiger partial charge < -0.3 is 10.6 Å². The van der Waals surface area contributed by atoms with Crippen molar-refractivity contribution in [3.8, 4) is 0 Å². The molecule has 0 saturated heterocycles. The fourth-order valence-electron chi connectivity index (χ4n) is 2.62. The third-order valence-electron chi connectivity index (χ3n) is 4.06. The van der Waals surface area contributed by atoms with Gasteiger partial charge in [-0.2, -0.15) is 0 Å². The SMILES string of the molecule is O=C(NCCc1ccccn1)c1nccc(Sc2cnc(Nc3ccccn3)s2)c1F. The highest BCUT2D eigenvalue weighted by atomic mass is 32.2. The first kappa shape index (κ1) is 20.9. The number of rotatable bonds is 8. The van der Waals surface area contributed by atoms with Crippen LogP contribution in [0.5, 0.6) is 0 Å². The molecule has 0 saturated carbocycles. The molecule has 0 spiro atoms. The van der Waals surface area contributed by atoms with Gasteiger partial charge in [-0.05, 0) is 30.3 Å². The molecule has 1 amide bonds. The Balaban J connectivity index is 1.39.